The molecule has 0 unspecified atom stereocenters. The molecule has 0 bridgehead atoms. The Morgan fingerprint density at radius 1 is 1.14 bits per heavy atom. The van der Waals surface area contributed by atoms with E-state index >= 15 is 0 Å². The molecule has 0 atom stereocenters. The molecule has 2 N–H and O–H groups in total. The molecule has 0 radical (unpaired) electrons. The fourth-order valence-electron chi connectivity index (χ4n) is 2.51. The van der Waals surface area contributed by atoms with Crippen molar-refractivity contribution in [1.82, 2.24) is 15.5 Å². The SMILES string of the molecule is CCCCCCN=C(NCC)NCCN(CCOC)C1CC1. The summed E-state index contributed by atoms with van der Waals surface area (Å²) in [6.07, 6.45) is 7.75. The van der Waals surface area contributed by atoms with Crippen molar-refractivity contribution in [2.45, 2.75) is 58.4 Å². The predicted molar refractivity (Wildman–Crippen MR) is 94.6 cm³/mol. The number of guanidine groups is 1. The zero-order valence-electron chi connectivity index (χ0n) is 14.9. The second-order valence-electron chi connectivity index (χ2n) is 6.01. The normalized spacial score (nSPS) is 15.4. The summed E-state index contributed by atoms with van der Waals surface area (Å²) in [5.74, 6) is 0.960. The highest BCUT2D eigenvalue weighted by molar-refractivity contribution is 5.79. The van der Waals surface area contributed by atoms with Gasteiger partial charge in [-0.3, -0.25) is 9.89 Å². The van der Waals surface area contributed by atoms with Crippen LogP contribution in [0.25, 0.3) is 0 Å². The topological polar surface area (TPSA) is 48.9 Å². The molecular formula is C17H36N4O. The maximum atomic E-state index is 5.20. The number of methoxy groups -OCH3 is 1. The molecular weight excluding hydrogens is 276 g/mol. The first-order valence-electron chi connectivity index (χ1n) is 9.07. The molecule has 0 aromatic carbocycles. The summed E-state index contributed by atoms with van der Waals surface area (Å²) in [6, 6.07) is 0.783. The number of hydrogen-bond acceptors (Lipinski definition) is 3. The van der Waals surface area contributed by atoms with Crippen molar-refractivity contribution in [1.29, 1.82) is 0 Å². The molecule has 0 amide bonds. The molecule has 1 fully saturated rings. The molecule has 0 spiro atoms. The third kappa shape index (κ3) is 9.26. The third-order valence-electron chi connectivity index (χ3n) is 3.96. The van der Waals surface area contributed by atoms with E-state index in [1.165, 1.54) is 38.5 Å². The lowest BCUT2D eigenvalue weighted by Gasteiger charge is -2.22. The van der Waals surface area contributed by atoms with Crippen molar-refractivity contribution < 1.29 is 4.74 Å². The van der Waals surface area contributed by atoms with Crippen LogP contribution in [0.2, 0.25) is 0 Å². The Morgan fingerprint density at radius 3 is 2.59 bits per heavy atom. The maximum Gasteiger partial charge on any atom is 0.191 e. The van der Waals surface area contributed by atoms with Crippen LogP contribution in [0.15, 0.2) is 4.99 Å². The molecule has 1 aliphatic rings. The molecule has 0 aliphatic heterocycles. The van der Waals surface area contributed by atoms with Crippen LogP contribution in [-0.2, 0) is 4.74 Å². The minimum absolute atomic E-state index is 0.783. The van der Waals surface area contributed by atoms with Crippen LogP contribution in [0.3, 0.4) is 0 Å². The maximum absolute atomic E-state index is 5.20. The molecule has 1 saturated carbocycles. The van der Waals surface area contributed by atoms with Crippen LogP contribution in [0.4, 0.5) is 0 Å². The summed E-state index contributed by atoms with van der Waals surface area (Å²) in [4.78, 5) is 7.19. The number of unbranched alkanes of at least 4 members (excludes halogenated alkanes) is 3. The van der Waals surface area contributed by atoms with Gasteiger partial charge in [-0.05, 0) is 26.2 Å². The summed E-state index contributed by atoms with van der Waals surface area (Å²) < 4.78 is 5.20. The van der Waals surface area contributed by atoms with Crippen molar-refractivity contribution >= 4 is 5.96 Å². The van der Waals surface area contributed by atoms with Crippen molar-refractivity contribution in [2.24, 2.45) is 4.99 Å². The summed E-state index contributed by atoms with van der Waals surface area (Å²) in [5, 5.41) is 6.79. The summed E-state index contributed by atoms with van der Waals surface area (Å²) in [7, 11) is 1.78. The first kappa shape index (κ1) is 19.2. The van der Waals surface area contributed by atoms with Crippen molar-refractivity contribution in [3.05, 3.63) is 0 Å². The fraction of sp³-hybridized carbons (Fsp3) is 0.941. The van der Waals surface area contributed by atoms with Crippen molar-refractivity contribution in [3.8, 4) is 0 Å². The molecule has 0 aromatic heterocycles. The number of ether oxygens (including phenoxy) is 1. The van der Waals surface area contributed by atoms with Crippen LogP contribution < -0.4 is 10.6 Å². The van der Waals surface area contributed by atoms with Gasteiger partial charge in [0.25, 0.3) is 0 Å². The van der Waals surface area contributed by atoms with Gasteiger partial charge in [-0.15, -0.1) is 0 Å². The van der Waals surface area contributed by atoms with E-state index in [9.17, 15) is 0 Å². The van der Waals surface area contributed by atoms with Crippen LogP contribution in [-0.4, -0.2) is 63.3 Å². The highest BCUT2D eigenvalue weighted by Crippen LogP contribution is 2.25. The van der Waals surface area contributed by atoms with E-state index in [0.717, 1.165) is 51.3 Å². The minimum Gasteiger partial charge on any atom is -0.383 e. The highest BCUT2D eigenvalue weighted by Gasteiger charge is 2.28. The van der Waals surface area contributed by atoms with Crippen molar-refractivity contribution in [2.75, 3.05) is 46.4 Å². The Labute approximate surface area is 136 Å². The number of nitrogens with zero attached hydrogens (tertiary/aromatic N) is 2. The Balaban J connectivity index is 2.22. The average molecular weight is 313 g/mol. The van der Waals surface area contributed by atoms with E-state index in [-0.39, 0.29) is 0 Å². The standard InChI is InChI=1S/C17H36N4O/c1-4-6-7-8-11-19-17(18-5-2)20-12-13-21(14-15-22-3)16-9-10-16/h16H,4-15H2,1-3H3,(H2,18,19,20). The highest BCUT2D eigenvalue weighted by atomic mass is 16.5. The lowest BCUT2D eigenvalue weighted by atomic mass is 10.2. The fourth-order valence-corrected chi connectivity index (χ4v) is 2.51. The third-order valence-corrected chi connectivity index (χ3v) is 3.96. The van der Waals surface area contributed by atoms with Gasteiger partial charge < -0.3 is 15.4 Å². The van der Waals surface area contributed by atoms with E-state index in [0.29, 0.717) is 0 Å². The molecule has 0 heterocycles. The van der Waals surface area contributed by atoms with Gasteiger partial charge in [0.05, 0.1) is 6.61 Å². The average Bonchev–Trinajstić information content (AvgIpc) is 3.35. The summed E-state index contributed by atoms with van der Waals surface area (Å²) in [5.41, 5.74) is 0. The first-order valence-corrected chi connectivity index (χ1v) is 9.07. The smallest absolute Gasteiger partial charge is 0.191 e. The zero-order chi connectivity index (χ0) is 16.0. The van der Waals surface area contributed by atoms with E-state index < -0.39 is 0 Å². The zero-order valence-corrected chi connectivity index (χ0v) is 14.9. The van der Waals surface area contributed by atoms with E-state index in [1.807, 2.05) is 0 Å². The van der Waals surface area contributed by atoms with Gasteiger partial charge in [-0.25, -0.2) is 0 Å². The van der Waals surface area contributed by atoms with Gasteiger partial charge >= 0.3 is 0 Å². The Kier molecular flexibility index (Phi) is 11.1. The Hall–Kier alpha value is -0.810. The molecule has 130 valence electrons. The molecule has 5 heteroatoms. The summed E-state index contributed by atoms with van der Waals surface area (Å²) in [6.45, 7) is 10.1. The number of rotatable bonds is 13. The predicted octanol–water partition coefficient (Wildman–Crippen LogP) is 2.23. The van der Waals surface area contributed by atoms with Gasteiger partial charge in [0.15, 0.2) is 5.96 Å². The van der Waals surface area contributed by atoms with Crippen LogP contribution in [0.5, 0.6) is 0 Å². The van der Waals surface area contributed by atoms with Gasteiger partial charge in [0.2, 0.25) is 0 Å². The molecule has 0 aromatic rings. The van der Waals surface area contributed by atoms with E-state index in [2.05, 4.69) is 34.4 Å². The number of hydrogen-bond donors (Lipinski definition) is 2. The largest absolute Gasteiger partial charge is 0.383 e. The van der Waals surface area contributed by atoms with Crippen LogP contribution >= 0.6 is 0 Å². The Morgan fingerprint density at radius 2 is 1.95 bits per heavy atom. The van der Waals surface area contributed by atoms with Gasteiger partial charge in [0.1, 0.15) is 0 Å². The van der Waals surface area contributed by atoms with Gasteiger partial charge in [0, 0.05) is 45.9 Å². The number of aliphatic imine (C=N–C) groups is 1. The molecule has 0 saturated heterocycles. The monoisotopic (exact) mass is 312 g/mol. The molecule has 1 rings (SSSR count). The quantitative estimate of drug-likeness (QED) is 0.311. The molecule has 22 heavy (non-hydrogen) atoms. The second kappa shape index (κ2) is 12.7. The lowest BCUT2D eigenvalue weighted by molar-refractivity contribution is 0.144. The van der Waals surface area contributed by atoms with Crippen molar-refractivity contribution in [3.63, 3.8) is 0 Å². The summed E-state index contributed by atoms with van der Waals surface area (Å²) >= 11 is 0. The lowest BCUT2D eigenvalue weighted by Crippen LogP contribution is -2.42. The van der Waals surface area contributed by atoms with Crippen LogP contribution in [0.1, 0.15) is 52.4 Å². The molecule has 1 aliphatic carbocycles. The molecule has 5 nitrogen and oxygen atoms in total. The number of nitrogens with one attached hydrogen (secondary N) is 2. The van der Waals surface area contributed by atoms with Gasteiger partial charge in [-0.2, -0.15) is 0 Å². The minimum atomic E-state index is 0.783. The second-order valence-corrected chi connectivity index (χ2v) is 6.01. The van der Waals surface area contributed by atoms with E-state index in [4.69, 9.17) is 4.74 Å². The van der Waals surface area contributed by atoms with E-state index in [1.54, 1.807) is 7.11 Å². The Bertz CT molecular complexity index is 292. The van der Waals surface area contributed by atoms with Gasteiger partial charge in [-0.1, -0.05) is 26.2 Å². The first-order chi connectivity index (χ1) is 10.8. The van der Waals surface area contributed by atoms with Crippen LogP contribution in [0, 0.1) is 0 Å².